The first kappa shape index (κ1) is 14.0. The lowest BCUT2D eigenvalue weighted by molar-refractivity contribution is 0.265. The van der Waals surface area contributed by atoms with E-state index in [1.807, 2.05) is 13.0 Å². The van der Waals surface area contributed by atoms with Crippen molar-refractivity contribution in [2.45, 2.75) is 47.1 Å². The number of hydrogen-bond acceptors (Lipinski definition) is 2. The van der Waals surface area contributed by atoms with Gasteiger partial charge in [0.1, 0.15) is 5.75 Å². The van der Waals surface area contributed by atoms with E-state index in [9.17, 15) is 0 Å². The number of benzene rings is 1. The molecular weight excluding hydrogens is 210 g/mol. The molecule has 0 saturated heterocycles. The summed E-state index contributed by atoms with van der Waals surface area (Å²) >= 11 is 0. The second-order valence-corrected chi connectivity index (χ2v) is 5.29. The van der Waals surface area contributed by atoms with E-state index in [1.165, 1.54) is 5.56 Å². The Morgan fingerprint density at radius 1 is 1.29 bits per heavy atom. The molecule has 0 heterocycles. The average Bonchev–Trinajstić information content (AvgIpc) is 2.30. The van der Waals surface area contributed by atoms with E-state index in [1.54, 1.807) is 0 Å². The van der Waals surface area contributed by atoms with Gasteiger partial charge < -0.3 is 10.5 Å². The second kappa shape index (κ2) is 5.54. The number of aryl methyl sites for hydroxylation is 1. The number of nitrogens with two attached hydrogens (primary N) is 1. The van der Waals surface area contributed by atoms with Gasteiger partial charge in [-0.25, -0.2) is 0 Å². The van der Waals surface area contributed by atoms with Crippen LogP contribution in [0.15, 0.2) is 18.2 Å². The average molecular weight is 235 g/mol. The van der Waals surface area contributed by atoms with E-state index in [0.29, 0.717) is 6.61 Å². The molecule has 0 saturated carbocycles. The Morgan fingerprint density at radius 2 is 1.94 bits per heavy atom. The molecule has 0 aliphatic heterocycles. The van der Waals surface area contributed by atoms with Gasteiger partial charge in [0.2, 0.25) is 0 Å². The van der Waals surface area contributed by atoms with E-state index in [-0.39, 0.29) is 11.5 Å². The summed E-state index contributed by atoms with van der Waals surface area (Å²) in [6, 6.07) is 6.25. The van der Waals surface area contributed by atoms with Crippen molar-refractivity contribution in [3.63, 3.8) is 0 Å². The van der Waals surface area contributed by atoms with E-state index in [2.05, 4.69) is 39.8 Å². The van der Waals surface area contributed by atoms with Crippen molar-refractivity contribution < 1.29 is 4.74 Å². The van der Waals surface area contributed by atoms with E-state index in [0.717, 1.165) is 17.7 Å². The summed E-state index contributed by atoms with van der Waals surface area (Å²) in [6.45, 7) is 11.3. The molecule has 0 spiro atoms. The maximum atomic E-state index is 6.40. The summed E-state index contributed by atoms with van der Waals surface area (Å²) in [4.78, 5) is 0. The van der Waals surface area contributed by atoms with E-state index < -0.39 is 0 Å². The van der Waals surface area contributed by atoms with Crippen LogP contribution in [0.1, 0.15) is 51.3 Å². The highest BCUT2D eigenvalue weighted by molar-refractivity contribution is 5.39. The zero-order chi connectivity index (χ0) is 13.1. The van der Waals surface area contributed by atoms with Crippen LogP contribution in [0.4, 0.5) is 0 Å². The van der Waals surface area contributed by atoms with Gasteiger partial charge in [0.25, 0.3) is 0 Å². The van der Waals surface area contributed by atoms with Crippen molar-refractivity contribution in [2.75, 3.05) is 6.61 Å². The summed E-state index contributed by atoms with van der Waals surface area (Å²) in [7, 11) is 0. The fraction of sp³-hybridized carbons (Fsp3) is 0.600. The van der Waals surface area contributed by atoms with Gasteiger partial charge in [0.15, 0.2) is 0 Å². The van der Waals surface area contributed by atoms with Gasteiger partial charge >= 0.3 is 0 Å². The fourth-order valence-corrected chi connectivity index (χ4v) is 1.84. The molecule has 0 aliphatic rings. The normalized spacial score (nSPS) is 13.5. The molecule has 1 aromatic rings. The molecule has 1 aromatic carbocycles. The summed E-state index contributed by atoms with van der Waals surface area (Å²) in [5.74, 6) is 0.923. The Balaban J connectivity index is 3.14. The van der Waals surface area contributed by atoms with Crippen molar-refractivity contribution in [3.05, 3.63) is 29.3 Å². The molecule has 1 unspecified atom stereocenters. The van der Waals surface area contributed by atoms with E-state index in [4.69, 9.17) is 10.5 Å². The van der Waals surface area contributed by atoms with Crippen LogP contribution < -0.4 is 10.5 Å². The summed E-state index contributed by atoms with van der Waals surface area (Å²) in [5.41, 5.74) is 8.84. The minimum Gasteiger partial charge on any atom is -0.494 e. The lowest BCUT2D eigenvalue weighted by Gasteiger charge is -2.32. The molecule has 0 bridgehead atoms. The van der Waals surface area contributed by atoms with Crippen molar-refractivity contribution in [2.24, 2.45) is 11.1 Å². The largest absolute Gasteiger partial charge is 0.494 e. The standard InChI is InChI=1S/C15H25NO/c1-6-15(4,5)14(16)12-10-11(3)8-9-13(12)17-7-2/h8-10,14H,6-7,16H2,1-5H3. The molecule has 1 atom stereocenters. The quantitative estimate of drug-likeness (QED) is 0.841. The second-order valence-electron chi connectivity index (χ2n) is 5.29. The Kier molecular flexibility index (Phi) is 4.58. The topological polar surface area (TPSA) is 35.2 Å². The van der Waals surface area contributed by atoms with Crippen molar-refractivity contribution in [3.8, 4) is 5.75 Å². The monoisotopic (exact) mass is 235 g/mol. The first-order chi connectivity index (χ1) is 7.92. The minimum atomic E-state index is 0.00829. The molecule has 96 valence electrons. The summed E-state index contributed by atoms with van der Waals surface area (Å²) in [6.07, 6.45) is 1.05. The van der Waals surface area contributed by atoms with Gasteiger partial charge in [-0.1, -0.05) is 38.5 Å². The van der Waals surface area contributed by atoms with Crippen LogP contribution in [-0.4, -0.2) is 6.61 Å². The van der Waals surface area contributed by atoms with Crippen LogP contribution in [0, 0.1) is 12.3 Å². The van der Waals surface area contributed by atoms with Crippen molar-refractivity contribution >= 4 is 0 Å². The smallest absolute Gasteiger partial charge is 0.124 e. The van der Waals surface area contributed by atoms with E-state index >= 15 is 0 Å². The molecule has 2 N–H and O–H groups in total. The Hall–Kier alpha value is -1.02. The van der Waals surface area contributed by atoms with Crippen LogP contribution in [0.3, 0.4) is 0 Å². The third-order valence-corrected chi connectivity index (χ3v) is 3.55. The van der Waals surface area contributed by atoms with Gasteiger partial charge in [-0.05, 0) is 31.7 Å². The number of hydrogen-bond donors (Lipinski definition) is 1. The molecule has 2 nitrogen and oxygen atoms in total. The van der Waals surface area contributed by atoms with Crippen LogP contribution in [0.5, 0.6) is 5.75 Å². The minimum absolute atomic E-state index is 0.00829. The van der Waals surface area contributed by atoms with Crippen LogP contribution in [0.2, 0.25) is 0 Å². The summed E-state index contributed by atoms with van der Waals surface area (Å²) < 4.78 is 5.67. The lowest BCUT2D eigenvalue weighted by atomic mass is 9.78. The zero-order valence-corrected chi connectivity index (χ0v) is 11.7. The van der Waals surface area contributed by atoms with Crippen LogP contribution >= 0.6 is 0 Å². The van der Waals surface area contributed by atoms with Gasteiger partial charge in [-0.2, -0.15) is 0 Å². The Labute approximate surface area is 105 Å². The Bertz CT molecular complexity index is 371. The molecule has 17 heavy (non-hydrogen) atoms. The third kappa shape index (κ3) is 3.22. The van der Waals surface area contributed by atoms with Gasteiger partial charge in [-0.15, -0.1) is 0 Å². The Morgan fingerprint density at radius 3 is 2.47 bits per heavy atom. The maximum Gasteiger partial charge on any atom is 0.124 e. The summed E-state index contributed by atoms with van der Waals surface area (Å²) in [5, 5.41) is 0. The third-order valence-electron chi connectivity index (χ3n) is 3.55. The molecule has 0 radical (unpaired) electrons. The number of ether oxygens (including phenoxy) is 1. The van der Waals surface area contributed by atoms with Crippen molar-refractivity contribution in [1.82, 2.24) is 0 Å². The molecule has 0 fully saturated rings. The highest BCUT2D eigenvalue weighted by Crippen LogP contribution is 2.38. The molecule has 0 aliphatic carbocycles. The highest BCUT2D eigenvalue weighted by atomic mass is 16.5. The van der Waals surface area contributed by atoms with Gasteiger partial charge in [-0.3, -0.25) is 0 Å². The van der Waals surface area contributed by atoms with Crippen LogP contribution in [-0.2, 0) is 0 Å². The fourth-order valence-electron chi connectivity index (χ4n) is 1.84. The molecule has 0 aromatic heterocycles. The number of rotatable bonds is 5. The van der Waals surface area contributed by atoms with Crippen LogP contribution in [0.25, 0.3) is 0 Å². The SMILES string of the molecule is CCOc1ccc(C)cc1C(N)C(C)(C)CC. The predicted octanol–water partition coefficient (Wildman–Crippen LogP) is 3.83. The van der Waals surface area contributed by atoms with Gasteiger partial charge in [0.05, 0.1) is 6.61 Å². The zero-order valence-electron chi connectivity index (χ0n) is 11.7. The van der Waals surface area contributed by atoms with Crippen molar-refractivity contribution in [1.29, 1.82) is 0 Å². The maximum absolute atomic E-state index is 6.40. The molecule has 1 rings (SSSR count). The first-order valence-electron chi connectivity index (χ1n) is 6.41. The molecular formula is C15H25NO. The predicted molar refractivity (Wildman–Crippen MR) is 73.3 cm³/mol. The lowest BCUT2D eigenvalue weighted by Crippen LogP contribution is -2.29. The highest BCUT2D eigenvalue weighted by Gasteiger charge is 2.28. The molecule has 0 amide bonds. The first-order valence-corrected chi connectivity index (χ1v) is 6.41. The molecule has 2 heteroatoms. The van der Waals surface area contributed by atoms with Gasteiger partial charge in [0, 0.05) is 11.6 Å².